The van der Waals surface area contributed by atoms with E-state index in [1.807, 2.05) is 96.9 Å². The molecule has 0 amide bonds. The van der Waals surface area contributed by atoms with Gasteiger partial charge in [-0.1, -0.05) is 48.5 Å². The van der Waals surface area contributed by atoms with E-state index in [0.29, 0.717) is 44.6 Å². The molecule has 0 N–H and O–H groups in total. The van der Waals surface area contributed by atoms with Gasteiger partial charge in [-0.2, -0.15) is 0 Å². The average molecular weight is 1180 g/mol. The summed E-state index contributed by atoms with van der Waals surface area (Å²) in [5.74, 6) is -1.83. The maximum Gasteiger partial charge on any atom is 0.348 e. The van der Waals surface area contributed by atoms with Gasteiger partial charge < -0.3 is 52.1 Å². The first-order valence-corrected chi connectivity index (χ1v) is 30.3. The lowest BCUT2D eigenvalue weighted by Crippen LogP contribution is -2.45. The topological polar surface area (TPSA) is 272 Å². The lowest BCUT2D eigenvalue weighted by molar-refractivity contribution is -0.171. The van der Waals surface area contributed by atoms with Gasteiger partial charge in [-0.05, 0) is 133 Å². The zero-order valence-corrected chi connectivity index (χ0v) is 52.1. The van der Waals surface area contributed by atoms with Crippen molar-refractivity contribution in [3.63, 3.8) is 0 Å². The molecule has 4 bridgehead atoms. The van der Waals surface area contributed by atoms with Crippen LogP contribution in [0.5, 0.6) is 0 Å². The number of esters is 10. The molecule has 17 unspecified atom stereocenters. The Balaban J connectivity index is 0.000000168. The highest BCUT2D eigenvalue weighted by Gasteiger charge is 2.69. The van der Waals surface area contributed by atoms with Crippen LogP contribution < -0.4 is 0 Å². The van der Waals surface area contributed by atoms with E-state index in [2.05, 4.69) is 6.92 Å². The second kappa shape index (κ2) is 26.1. The van der Waals surface area contributed by atoms with Gasteiger partial charge in [0.25, 0.3) is 0 Å². The van der Waals surface area contributed by atoms with Crippen molar-refractivity contribution in [2.45, 2.75) is 249 Å². The third-order valence-electron chi connectivity index (χ3n) is 19.7. The van der Waals surface area contributed by atoms with Crippen LogP contribution in [-0.2, 0) is 100 Å². The molecule has 0 radical (unpaired) electrons. The maximum atomic E-state index is 12.2. The van der Waals surface area contributed by atoms with E-state index in [4.69, 9.17) is 52.1 Å². The van der Waals surface area contributed by atoms with Crippen LogP contribution >= 0.6 is 0 Å². The van der Waals surface area contributed by atoms with Crippen molar-refractivity contribution in [3.05, 3.63) is 0 Å². The lowest BCUT2D eigenvalue weighted by atomic mass is 9.79. The van der Waals surface area contributed by atoms with Crippen LogP contribution in [0.4, 0.5) is 0 Å². The Kier molecular flexibility index (Phi) is 21.0. The summed E-state index contributed by atoms with van der Waals surface area (Å²) in [6, 6.07) is 0. The van der Waals surface area contributed by atoms with Crippen molar-refractivity contribution in [1.29, 1.82) is 0 Å². The number of hydrogen-bond donors (Lipinski definition) is 0. The van der Waals surface area contributed by atoms with Gasteiger partial charge in [0.2, 0.25) is 12.2 Å². The Morgan fingerprint density at radius 1 is 0.470 bits per heavy atom. The summed E-state index contributed by atoms with van der Waals surface area (Å²) in [7, 11) is 0. The van der Waals surface area contributed by atoms with Gasteiger partial charge in [0.15, 0.2) is 12.2 Å². The zero-order valence-electron chi connectivity index (χ0n) is 52.1. The highest BCUT2D eigenvalue weighted by molar-refractivity contribution is 5.85. The highest BCUT2D eigenvalue weighted by atomic mass is 16.7. The number of cyclic esters (lactones) is 2. The van der Waals surface area contributed by atoms with Crippen LogP contribution in [-0.4, -0.2) is 134 Å². The van der Waals surface area contributed by atoms with Crippen LogP contribution in [0.15, 0.2) is 0 Å². The molecule has 21 nitrogen and oxygen atoms in total. The molecule has 17 atom stereocenters. The number of carbonyl (C=O) groups is 10. The molecular formula is C62H94O21. The molecule has 7 heterocycles. The van der Waals surface area contributed by atoms with Crippen molar-refractivity contribution >= 4 is 59.7 Å². The quantitative estimate of drug-likeness (QED) is 0.111. The van der Waals surface area contributed by atoms with Crippen molar-refractivity contribution in [3.8, 4) is 0 Å². The van der Waals surface area contributed by atoms with Crippen LogP contribution in [0, 0.1) is 68.5 Å². The molecule has 3 aliphatic carbocycles. The smallest absolute Gasteiger partial charge is 0.348 e. The Morgan fingerprint density at radius 2 is 0.964 bits per heavy atom. The fourth-order valence-electron chi connectivity index (χ4n) is 11.5. The minimum atomic E-state index is -0.687. The molecule has 10 fully saturated rings. The fourth-order valence-corrected chi connectivity index (χ4v) is 11.5. The van der Waals surface area contributed by atoms with Gasteiger partial charge in [-0.15, -0.1) is 0 Å². The normalized spacial score (nSPS) is 33.9. The standard InChI is InChI=1S/C15H22O4.C14H20O5.C13H20O4.2C10H16O4/c1-5-15(3,4)14(17)19-11-8-6-9-10(7(8)2)13(16)18-12(9)11;1-5-14(3,4)13(16)19-10-8-6(2)7-9(17-8)11(10)18-12(7)15;1-4-13(2,3)12(15)17-10-8-6-5-7-9(8)16-11(10)14;1-4-10(2,3)9(12)14-7-5-8(11)13-6-7;1-4-10(2,3)9(12)14-7-5-6-13-8(7)11/h7-12H,5-6H2,1-4H3;6-11H,5H2,1-4H3;8-10H,4-7H2,1-3H3;2*7H,4-6H2,1-3H3. The maximum absolute atomic E-state index is 12.2. The summed E-state index contributed by atoms with van der Waals surface area (Å²) in [5.41, 5.74) is -2.52. The largest absolute Gasteiger partial charge is 0.463 e. The van der Waals surface area contributed by atoms with Gasteiger partial charge >= 0.3 is 59.7 Å². The summed E-state index contributed by atoms with van der Waals surface area (Å²) in [6.45, 7) is 32.7. The van der Waals surface area contributed by atoms with Gasteiger partial charge in [-0.3, -0.25) is 38.4 Å². The van der Waals surface area contributed by atoms with Crippen molar-refractivity contribution in [1.82, 2.24) is 0 Å². The molecule has 21 heteroatoms. The molecule has 0 spiro atoms. The van der Waals surface area contributed by atoms with Crippen LogP contribution in [0.25, 0.3) is 0 Å². The predicted octanol–water partition coefficient (Wildman–Crippen LogP) is 8.08. The van der Waals surface area contributed by atoms with Crippen LogP contribution in [0.1, 0.15) is 188 Å². The molecule has 468 valence electrons. The highest BCUT2D eigenvalue weighted by Crippen LogP contribution is 2.59. The summed E-state index contributed by atoms with van der Waals surface area (Å²) in [4.78, 5) is 116. The molecule has 0 aromatic heterocycles. The zero-order chi connectivity index (χ0) is 62.1. The van der Waals surface area contributed by atoms with E-state index < -0.39 is 57.5 Å². The Hall–Kier alpha value is -5.34. The minimum absolute atomic E-state index is 0.0231. The third-order valence-corrected chi connectivity index (χ3v) is 19.7. The molecular weight excluding hydrogens is 1080 g/mol. The monoisotopic (exact) mass is 1170 g/mol. The fraction of sp³-hybridized carbons (Fsp3) is 0.839. The second-order valence-corrected chi connectivity index (χ2v) is 27.3. The molecule has 7 saturated heterocycles. The van der Waals surface area contributed by atoms with Gasteiger partial charge in [0, 0.05) is 30.1 Å². The third kappa shape index (κ3) is 14.3. The Morgan fingerprint density at radius 3 is 1.47 bits per heavy atom. The lowest BCUT2D eigenvalue weighted by Gasteiger charge is -2.32. The van der Waals surface area contributed by atoms with E-state index in [1.165, 1.54) is 0 Å². The van der Waals surface area contributed by atoms with Crippen molar-refractivity contribution in [2.24, 2.45) is 68.5 Å². The Bertz CT molecular complexity index is 2360. The number of rotatable bonds is 15. The van der Waals surface area contributed by atoms with E-state index in [0.717, 1.165) is 32.1 Å². The number of fused-ring (bicyclic) bond motifs is 3. The first kappa shape index (κ1) is 66.8. The molecule has 0 aromatic rings. The van der Waals surface area contributed by atoms with Crippen LogP contribution in [0.2, 0.25) is 0 Å². The first-order chi connectivity index (χ1) is 38.6. The first-order valence-electron chi connectivity index (χ1n) is 30.3. The number of hydrogen-bond acceptors (Lipinski definition) is 21. The Labute approximate surface area is 489 Å². The summed E-state index contributed by atoms with van der Waals surface area (Å²) < 4.78 is 58.1. The predicted molar refractivity (Wildman–Crippen MR) is 293 cm³/mol. The van der Waals surface area contributed by atoms with Crippen molar-refractivity contribution < 1.29 is 100 Å². The number of ether oxygens (including phenoxy) is 11. The summed E-state index contributed by atoms with van der Waals surface area (Å²) >= 11 is 0. The summed E-state index contributed by atoms with van der Waals surface area (Å²) in [6.07, 6.45) is 4.60. The SMILES string of the molecule is CCC(C)(C)C(=O)OC1C(=O)OC2CCCC21.CCC(C)(C)C(=O)OC1C2CC3C1OC(=O)C3C2C.CCC(C)(C)C(=O)OC1C2OC3C1OC(=O)C3C2C.CCC(C)(C)C(=O)OC1CCOC1=O.CCC(C)(C)C(=O)OC1COC(=O)C1. The molecule has 7 aliphatic heterocycles. The van der Waals surface area contributed by atoms with E-state index in [-0.39, 0.29) is 139 Å². The molecule has 10 rings (SSSR count). The van der Waals surface area contributed by atoms with E-state index in [9.17, 15) is 47.9 Å². The minimum Gasteiger partial charge on any atom is -0.463 e. The van der Waals surface area contributed by atoms with E-state index >= 15 is 0 Å². The average Bonchev–Trinajstić information content (AvgIpc) is 1.89. The number of carbonyl (C=O) groups excluding carboxylic acids is 10. The molecule has 0 aromatic carbocycles. The second-order valence-electron chi connectivity index (χ2n) is 27.3. The molecule has 10 aliphatic rings. The summed E-state index contributed by atoms with van der Waals surface area (Å²) in [5, 5.41) is 0. The van der Waals surface area contributed by atoms with Gasteiger partial charge in [-0.25, -0.2) is 9.59 Å². The molecule has 3 saturated carbocycles. The van der Waals surface area contributed by atoms with Gasteiger partial charge in [0.1, 0.15) is 43.2 Å². The van der Waals surface area contributed by atoms with Gasteiger partial charge in [0.05, 0.1) is 51.9 Å². The molecule has 83 heavy (non-hydrogen) atoms. The van der Waals surface area contributed by atoms with E-state index in [1.54, 1.807) is 13.8 Å². The van der Waals surface area contributed by atoms with Crippen molar-refractivity contribution in [2.75, 3.05) is 13.2 Å². The van der Waals surface area contributed by atoms with Crippen LogP contribution in [0.3, 0.4) is 0 Å².